The third-order valence-corrected chi connectivity index (χ3v) is 5.05. The van der Waals surface area contributed by atoms with Gasteiger partial charge in [-0.1, -0.05) is 42.5 Å². The molecule has 0 spiro atoms. The average molecular weight is 360 g/mol. The van der Waals surface area contributed by atoms with Crippen LogP contribution < -0.4 is 5.32 Å². The van der Waals surface area contributed by atoms with Crippen molar-refractivity contribution in [3.63, 3.8) is 0 Å². The van der Waals surface area contributed by atoms with Gasteiger partial charge in [-0.15, -0.1) is 0 Å². The van der Waals surface area contributed by atoms with Crippen LogP contribution in [0.25, 0.3) is 22.2 Å². The van der Waals surface area contributed by atoms with Crippen molar-refractivity contribution in [2.24, 2.45) is 0 Å². The molecule has 1 aliphatic rings. The van der Waals surface area contributed by atoms with Gasteiger partial charge in [-0.05, 0) is 30.2 Å². The summed E-state index contributed by atoms with van der Waals surface area (Å²) in [7, 11) is 0. The number of nitrogens with one attached hydrogen (secondary N) is 1. The first kappa shape index (κ1) is 17.6. The van der Waals surface area contributed by atoms with Gasteiger partial charge < -0.3 is 5.32 Å². The maximum atomic E-state index is 11.3. The fourth-order valence-electron chi connectivity index (χ4n) is 3.86. The standard InChI is InChI=1S/C22H24N4O/c1-16(27)25-19-8-5-11-26(15-19)14-17-12-23-22(24-13-17)21-10-4-7-18-6-2-3-9-20(18)21/h2-4,6-7,9-10,12-13,19H,5,8,11,14-15H2,1H3,(H,25,27)/t19-/m1/s1. The van der Waals surface area contributed by atoms with Gasteiger partial charge in [0.25, 0.3) is 0 Å². The molecule has 0 aliphatic carbocycles. The minimum Gasteiger partial charge on any atom is -0.352 e. The Morgan fingerprint density at radius 2 is 1.93 bits per heavy atom. The highest BCUT2D eigenvalue weighted by Gasteiger charge is 2.20. The summed E-state index contributed by atoms with van der Waals surface area (Å²) in [6.07, 6.45) is 5.99. The topological polar surface area (TPSA) is 58.1 Å². The Kier molecular flexibility index (Phi) is 5.12. The van der Waals surface area contributed by atoms with E-state index >= 15 is 0 Å². The summed E-state index contributed by atoms with van der Waals surface area (Å²) in [5.41, 5.74) is 2.16. The van der Waals surface area contributed by atoms with Gasteiger partial charge in [-0.25, -0.2) is 9.97 Å². The lowest BCUT2D eigenvalue weighted by Crippen LogP contribution is -2.46. The van der Waals surface area contributed by atoms with Crippen molar-refractivity contribution >= 4 is 16.7 Å². The summed E-state index contributed by atoms with van der Waals surface area (Å²) in [6, 6.07) is 14.8. The van der Waals surface area contributed by atoms with E-state index in [4.69, 9.17) is 0 Å². The minimum atomic E-state index is 0.0459. The summed E-state index contributed by atoms with van der Waals surface area (Å²) in [4.78, 5) is 22.9. The predicted octanol–water partition coefficient (Wildman–Crippen LogP) is 3.40. The van der Waals surface area contributed by atoms with Crippen molar-refractivity contribution in [2.75, 3.05) is 13.1 Å². The van der Waals surface area contributed by atoms with Gasteiger partial charge in [0.1, 0.15) is 0 Å². The van der Waals surface area contributed by atoms with Crippen LogP contribution in [0.1, 0.15) is 25.3 Å². The number of hydrogen-bond donors (Lipinski definition) is 1. The minimum absolute atomic E-state index is 0.0459. The van der Waals surface area contributed by atoms with Crippen LogP contribution in [0.3, 0.4) is 0 Å². The highest BCUT2D eigenvalue weighted by Crippen LogP contribution is 2.26. The largest absolute Gasteiger partial charge is 0.352 e. The van der Waals surface area contributed by atoms with E-state index in [1.807, 2.05) is 30.6 Å². The first-order valence-corrected chi connectivity index (χ1v) is 9.47. The molecule has 0 radical (unpaired) electrons. The van der Waals surface area contributed by atoms with Crippen LogP contribution in [-0.2, 0) is 11.3 Å². The van der Waals surface area contributed by atoms with E-state index in [-0.39, 0.29) is 11.9 Å². The lowest BCUT2D eigenvalue weighted by molar-refractivity contribution is -0.120. The Morgan fingerprint density at radius 3 is 2.74 bits per heavy atom. The van der Waals surface area contributed by atoms with Crippen LogP contribution in [-0.4, -0.2) is 39.9 Å². The second-order valence-electron chi connectivity index (χ2n) is 7.22. The molecule has 2 aromatic carbocycles. The van der Waals surface area contributed by atoms with E-state index in [1.54, 1.807) is 6.92 Å². The van der Waals surface area contributed by atoms with Crippen molar-refractivity contribution in [3.05, 3.63) is 60.4 Å². The Balaban J connectivity index is 1.48. The molecule has 1 aromatic heterocycles. The fourth-order valence-corrected chi connectivity index (χ4v) is 3.86. The maximum Gasteiger partial charge on any atom is 0.217 e. The smallest absolute Gasteiger partial charge is 0.217 e. The van der Waals surface area contributed by atoms with E-state index in [9.17, 15) is 4.79 Å². The number of carbonyl (C=O) groups excluding carboxylic acids is 1. The zero-order valence-electron chi connectivity index (χ0n) is 15.6. The lowest BCUT2D eigenvalue weighted by atomic mass is 10.0. The van der Waals surface area contributed by atoms with Crippen LogP contribution in [0.4, 0.5) is 0 Å². The molecule has 4 rings (SSSR count). The third-order valence-electron chi connectivity index (χ3n) is 5.05. The molecule has 0 saturated carbocycles. The van der Waals surface area contributed by atoms with Gasteiger partial charge in [0.2, 0.25) is 5.91 Å². The zero-order chi connectivity index (χ0) is 18.6. The molecule has 1 N–H and O–H groups in total. The number of aromatic nitrogens is 2. The van der Waals surface area contributed by atoms with E-state index in [0.717, 1.165) is 49.4 Å². The van der Waals surface area contributed by atoms with Crippen LogP contribution in [0.2, 0.25) is 0 Å². The first-order valence-electron chi connectivity index (χ1n) is 9.47. The Hall–Kier alpha value is -2.79. The quantitative estimate of drug-likeness (QED) is 0.775. The number of nitrogens with zero attached hydrogens (tertiary/aromatic N) is 3. The molecule has 138 valence electrons. The summed E-state index contributed by atoms with van der Waals surface area (Å²) in [5.74, 6) is 0.801. The number of hydrogen-bond acceptors (Lipinski definition) is 4. The van der Waals surface area contributed by atoms with Crippen molar-refractivity contribution in [2.45, 2.75) is 32.4 Å². The Morgan fingerprint density at radius 1 is 1.15 bits per heavy atom. The Bertz CT molecular complexity index is 933. The number of benzene rings is 2. The molecule has 1 saturated heterocycles. The van der Waals surface area contributed by atoms with Gasteiger partial charge in [0.15, 0.2) is 5.82 Å². The highest BCUT2D eigenvalue weighted by atomic mass is 16.1. The highest BCUT2D eigenvalue weighted by molar-refractivity contribution is 5.94. The summed E-state index contributed by atoms with van der Waals surface area (Å²) in [6.45, 7) is 4.32. The molecule has 1 fully saturated rings. The molecule has 5 heteroatoms. The van der Waals surface area contributed by atoms with Crippen LogP contribution in [0.5, 0.6) is 0 Å². The van der Waals surface area contributed by atoms with Crippen molar-refractivity contribution < 1.29 is 4.79 Å². The first-order chi connectivity index (χ1) is 13.2. The molecular weight excluding hydrogens is 336 g/mol. The maximum absolute atomic E-state index is 11.3. The normalized spacial score (nSPS) is 17.7. The van der Waals surface area contributed by atoms with E-state index in [2.05, 4.69) is 44.5 Å². The average Bonchev–Trinajstić information content (AvgIpc) is 2.68. The number of likely N-dealkylation sites (tertiary alicyclic amines) is 1. The number of piperidine rings is 1. The molecule has 0 bridgehead atoms. The predicted molar refractivity (Wildman–Crippen MR) is 107 cm³/mol. The van der Waals surface area contributed by atoms with Crippen molar-refractivity contribution in [1.82, 2.24) is 20.2 Å². The molecule has 1 aliphatic heterocycles. The van der Waals surface area contributed by atoms with E-state index in [1.165, 1.54) is 10.8 Å². The molecule has 1 atom stereocenters. The number of fused-ring (bicyclic) bond motifs is 1. The third kappa shape index (κ3) is 4.14. The van der Waals surface area contributed by atoms with Gasteiger partial charge in [-0.3, -0.25) is 9.69 Å². The summed E-state index contributed by atoms with van der Waals surface area (Å²) < 4.78 is 0. The number of amides is 1. The van der Waals surface area contributed by atoms with E-state index in [0.29, 0.717) is 0 Å². The monoisotopic (exact) mass is 360 g/mol. The molecule has 5 nitrogen and oxygen atoms in total. The van der Waals surface area contributed by atoms with Crippen LogP contribution >= 0.6 is 0 Å². The molecular formula is C22H24N4O. The van der Waals surface area contributed by atoms with Crippen molar-refractivity contribution in [1.29, 1.82) is 0 Å². The van der Waals surface area contributed by atoms with Gasteiger partial charge in [-0.2, -0.15) is 0 Å². The van der Waals surface area contributed by atoms with Crippen LogP contribution in [0.15, 0.2) is 54.9 Å². The molecule has 27 heavy (non-hydrogen) atoms. The molecule has 0 unspecified atom stereocenters. The molecule has 2 heterocycles. The second-order valence-corrected chi connectivity index (χ2v) is 7.22. The van der Waals surface area contributed by atoms with Gasteiger partial charge >= 0.3 is 0 Å². The van der Waals surface area contributed by atoms with Crippen molar-refractivity contribution in [3.8, 4) is 11.4 Å². The van der Waals surface area contributed by atoms with Gasteiger partial charge in [0, 0.05) is 49.6 Å². The SMILES string of the molecule is CC(=O)N[C@@H]1CCCN(Cc2cnc(-c3cccc4ccccc34)nc2)C1. The van der Waals surface area contributed by atoms with E-state index < -0.39 is 0 Å². The zero-order valence-corrected chi connectivity index (χ0v) is 15.6. The fraction of sp³-hybridized carbons (Fsp3) is 0.318. The van der Waals surface area contributed by atoms with Crippen LogP contribution in [0, 0.1) is 0 Å². The molecule has 3 aromatic rings. The second kappa shape index (κ2) is 7.84. The Labute approximate surface area is 159 Å². The summed E-state index contributed by atoms with van der Waals surface area (Å²) in [5, 5.41) is 5.40. The number of carbonyl (C=O) groups is 1. The lowest BCUT2D eigenvalue weighted by Gasteiger charge is -2.32. The number of rotatable bonds is 4. The molecule has 1 amide bonds. The van der Waals surface area contributed by atoms with Gasteiger partial charge in [0.05, 0.1) is 0 Å². The summed E-state index contributed by atoms with van der Waals surface area (Å²) >= 11 is 0.